The third-order valence-corrected chi connectivity index (χ3v) is 3.47. The molecule has 0 saturated heterocycles. The number of aromatic nitrogens is 1. The molecule has 1 aromatic heterocycles. The van der Waals surface area contributed by atoms with E-state index in [0.717, 1.165) is 13.1 Å². The normalized spacial score (nSPS) is 13.1. The van der Waals surface area contributed by atoms with E-state index in [1.165, 1.54) is 22.9 Å². The third-order valence-electron chi connectivity index (χ3n) is 3.47. The number of rotatable bonds is 5. The molecule has 0 saturated carbocycles. The van der Waals surface area contributed by atoms with Crippen molar-refractivity contribution in [2.75, 3.05) is 0 Å². The molecule has 0 aliphatic carbocycles. The molecule has 0 bridgehead atoms. The van der Waals surface area contributed by atoms with Crippen LogP contribution in [0.15, 0.2) is 30.5 Å². The smallest absolute Gasteiger partial charge is 0.0483 e. The molecule has 0 aliphatic rings. The number of hydrogen-bond acceptors (Lipinski definition) is 1. The van der Waals surface area contributed by atoms with Gasteiger partial charge in [-0.2, -0.15) is 0 Å². The van der Waals surface area contributed by atoms with E-state index in [1.54, 1.807) is 0 Å². The Hall–Kier alpha value is -1.28. The summed E-state index contributed by atoms with van der Waals surface area (Å²) in [7, 11) is 0. The summed E-state index contributed by atoms with van der Waals surface area (Å²) in [5.74, 6) is 0. The van der Waals surface area contributed by atoms with Crippen LogP contribution >= 0.6 is 0 Å². The van der Waals surface area contributed by atoms with Gasteiger partial charge in [0.1, 0.15) is 0 Å². The van der Waals surface area contributed by atoms with Crippen LogP contribution in [0.3, 0.4) is 0 Å². The van der Waals surface area contributed by atoms with Gasteiger partial charge in [0, 0.05) is 36.2 Å². The SMILES string of the molecule is CC[C@H](C)NCc1cn(CC)c2ccccc12. The van der Waals surface area contributed by atoms with Crippen LogP contribution in [0.2, 0.25) is 0 Å². The second-order valence-electron chi connectivity index (χ2n) is 4.65. The zero-order chi connectivity index (χ0) is 12.3. The predicted molar refractivity (Wildman–Crippen MR) is 74.2 cm³/mol. The van der Waals surface area contributed by atoms with Gasteiger partial charge >= 0.3 is 0 Å². The summed E-state index contributed by atoms with van der Waals surface area (Å²) in [6, 6.07) is 9.23. The molecule has 1 atom stereocenters. The van der Waals surface area contributed by atoms with Crippen LogP contribution in [0.1, 0.15) is 32.8 Å². The molecule has 2 aromatic rings. The fourth-order valence-electron chi connectivity index (χ4n) is 2.15. The lowest BCUT2D eigenvalue weighted by Gasteiger charge is -2.10. The Morgan fingerprint density at radius 3 is 2.71 bits per heavy atom. The van der Waals surface area contributed by atoms with Gasteiger partial charge in [-0.1, -0.05) is 25.1 Å². The van der Waals surface area contributed by atoms with Crippen LogP contribution in [0.25, 0.3) is 10.9 Å². The van der Waals surface area contributed by atoms with Crippen LogP contribution in [0.5, 0.6) is 0 Å². The van der Waals surface area contributed by atoms with E-state index in [9.17, 15) is 0 Å². The number of para-hydroxylation sites is 1. The lowest BCUT2D eigenvalue weighted by atomic mass is 10.1. The standard InChI is InChI=1S/C15H22N2/c1-4-12(3)16-10-13-11-17(5-2)15-9-7-6-8-14(13)15/h6-9,11-12,16H,4-5,10H2,1-3H3/t12-/m0/s1. The zero-order valence-electron chi connectivity index (χ0n) is 11.0. The van der Waals surface area contributed by atoms with Gasteiger partial charge in [-0.25, -0.2) is 0 Å². The monoisotopic (exact) mass is 230 g/mol. The fourth-order valence-corrected chi connectivity index (χ4v) is 2.15. The van der Waals surface area contributed by atoms with Crippen LogP contribution in [-0.4, -0.2) is 10.6 Å². The molecule has 1 heterocycles. The highest BCUT2D eigenvalue weighted by molar-refractivity contribution is 5.83. The summed E-state index contributed by atoms with van der Waals surface area (Å²) < 4.78 is 2.32. The Labute approximate surface area is 104 Å². The summed E-state index contributed by atoms with van der Waals surface area (Å²) in [6.45, 7) is 8.64. The summed E-state index contributed by atoms with van der Waals surface area (Å²) in [5, 5.41) is 4.94. The summed E-state index contributed by atoms with van der Waals surface area (Å²) in [4.78, 5) is 0. The lowest BCUT2D eigenvalue weighted by Crippen LogP contribution is -2.24. The molecule has 17 heavy (non-hydrogen) atoms. The minimum Gasteiger partial charge on any atom is -0.347 e. The summed E-state index contributed by atoms with van der Waals surface area (Å²) in [6.07, 6.45) is 3.45. The van der Waals surface area contributed by atoms with Gasteiger partial charge in [0.2, 0.25) is 0 Å². The van der Waals surface area contributed by atoms with Crippen molar-refractivity contribution in [1.29, 1.82) is 0 Å². The Morgan fingerprint density at radius 2 is 2.00 bits per heavy atom. The van der Waals surface area contributed by atoms with Crippen molar-refractivity contribution >= 4 is 10.9 Å². The van der Waals surface area contributed by atoms with Gasteiger partial charge in [-0.05, 0) is 31.9 Å². The van der Waals surface area contributed by atoms with Crippen molar-refractivity contribution in [1.82, 2.24) is 9.88 Å². The molecule has 0 radical (unpaired) electrons. The average molecular weight is 230 g/mol. The maximum Gasteiger partial charge on any atom is 0.0483 e. The number of nitrogens with zero attached hydrogens (tertiary/aromatic N) is 1. The van der Waals surface area contributed by atoms with Crippen molar-refractivity contribution in [2.45, 2.75) is 46.3 Å². The summed E-state index contributed by atoms with van der Waals surface area (Å²) >= 11 is 0. The van der Waals surface area contributed by atoms with Crippen molar-refractivity contribution in [3.63, 3.8) is 0 Å². The first-order chi connectivity index (χ1) is 8.26. The van der Waals surface area contributed by atoms with E-state index in [-0.39, 0.29) is 0 Å². The van der Waals surface area contributed by atoms with Crippen molar-refractivity contribution in [2.24, 2.45) is 0 Å². The van der Waals surface area contributed by atoms with Gasteiger partial charge in [-0.3, -0.25) is 0 Å². The first-order valence-electron chi connectivity index (χ1n) is 6.56. The number of benzene rings is 1. The van der Waals surface area contributed by atoms with Gasteiger partial charge in [0.05, 0.1) is 0 Å². The first kappa shape index (κ1) is 12.2. The zero-order valence-corrected chi connectivity index (χ0v) is 11.0. The van der Waals surface area contributed by atoms with Crippen LogP contribution < -0.4 is 5.32 Å². The van der Waals surface area contributed by atoms with Gasteiger partial charge < -0.3 is 9.88 Å². The largest absolute Gasteiger partial charge is 0.347 e. The Bertz CT molecular complexity index is 485. The molecule has 1 aromatic carbocycles. The molecule has 92 valence electrons. The number of nitrogens with one attached hydrogen (secondary N) is 1. The fraction of sp³-hybridized carbons (Fsp3) is 0.467. The Kier molecular flexibility index (Phi) is 3.85. The quantitative estimate of drug-likeness (QED) is 0.831. The van der Waals surface area contributed by atoms with Crippen molar-refractivity contribution < 1.29 is 0 Å². The maximum atomic E-state index is 3.56. The molecule has 2 nitrogen and oxygen atoms in total. The number of hydrogen-bond donors (Lipinski definition) is 1. The number of fused-ring (bicyclic) bond motifs is 1. The highest BCUT2D eigenvalue weighted by Crippen LogP contribution is 2.21. The molecule has 1 N–H and O–H groups in total. The molecular formula is C15H22N2. The molecule has 2 rings (SSSR count). The average Bonchev–Trinajstić information content (AvgIpc) is 2.74. The third kappa shape index (κ3) is 2.52. The van der Waals surface area contributed by atoms with E-state index in [4.69, 9.17) is 0 Å². The van der Waals surface area contributed by atoms with Gasteiger partial charge in [0.15, 0.2) is 0 Å². The highest BCUT2D eigenvalue weighted by Gasteiger charge is 2.07. The lowest BCUT2D eigenvalue weighted by molar-refractivity contribution is 0.535. The molecule has 0 fully saturated rings. The van der Waals surface area contributed by atoms with E-state index in [1.807, 2.05) is 0 Å². The molecule has 0 amide bonds. The van der Waals surface area contributed by atoms with Gasteiger partial charge in [-0.15, -0.1) is 0 Å². The highest BCUT2D eigenvalue weighted by atomic mass is 15.0. The molecule has 2 heteroatoms. The maximum absolute atomic E-state index is 3.56. The topological polar surface area (TPSA) is 17.0 Å². The van der Waals surface area contributed by atoms with E-state index >= 15 is 0 Å². The second-order valence-corrected chi connectivity index (χ2v) is 4.65. The van der Waals surface area contributed by atoms with E-state index < -0.39 is 0 Å². The Balaban J connectivity index is 2.28. The van der Waals surface area contributed by atoms with Crippen LogP contribution in [-0.2, 0) is 13.1 Å². The van der Waals surface area contributed by atoms with Crippen LogP contribution in [0, 0.1) is 0 Å². The molecule has 0 unspecified atom stereocenters. The summed E-state index contributed by atoms with van der Waals surface area (Å²) in [5.41, 5.74) is 2.75. The first-order valence-corrected chi connectivity index (χ1v) is 6.56. The molecule has 0 aliphatic heterocycles. The predicted octanol–water partition coefficient (Wildman–Crippen LogP) is 3.55. The Morgan fingerprint density at radius 1 is 1.24 bits per heavy atom. The molecule has 0 spiro atoms. The van der Waals surface area contributed by atoms with Crippen LogP contribution in [0.4, 0.5) is 0 Å². The van der Waals surface area contributed by atoms with E-state index in [0.29, 0.717) is 6.04 Å². The van der Waals surface area contributed by atoms with Gasteiger partial charge in [0.25, 0.3) is 0 Å². The second kappa shape index (κ2) is 5.37. The minimum atomic E-state index is 0.582. The number of aryl methyl sites for hydroxylation is 1. The van der Waals surface area contributed by atoms with E-state index in [2.05, 4.69) is 61.1 Å². The molecular weight excluding hydrogens is 208 g/mol. The van der Waals surface area contributed by atoms with Crippen molar-refractivity contribution in [3.8, 4) is 0 Å². The minimum absolute atomic E-state index is 0.582. The van der Waals surface area contributed by atoms with Crippen molar-refractivity contribution in [3.05, 3.63) is 36.0 Å².